The Balaban J connectivity index is 2.47. The summed E-state index contributed by atoms with van der Waals surface area (Å²) in [5.41, 5.74) is 0. The van der Waals surface area contributed by atoms with Crippen LogP contribution < -0.4 is 0 Å². The maximum Gasteiger partial charge on any atom is 0.472 e. The summed E-state index contributed by atoms with van der Waals surface area (Å²) in [6.45, 7) is 3.13. The Bertz CT molecular complexity index is 1490. The number of aliphatic hydroxyl groups excluding tert-OH is 5. The van der Waals surface area contributed by atoms with Crippen molar-refractivity contribution in [3.05, 3.63) is 85.1 Å². The van der Waals surface area contributed by atoms with Crippen LogP contribution in [0.1, 0.15) is 181 Å². The third-order valence-corrected chi connectivity index (χ3v) is 12.2. The standard InChI is InChI=1S/C53H89O13P/c1-3-5-7-9-11-13-15-17-19-21-23-25-27-29-31-33-35-37-39-41-46(54)63-43-45(44-64-67(61,62)66-53-51(59)49(57)48(56)50(58)52(53)60)65-47(55)42-40-38-36-34-32-30-28-26-24-22-20-18-16-14-12-10-8-6-4-2/h5,7,11,13,17,19,22-25,29,31,35,37,45,48-53,56-60H,3-4,6,8-10,12,14-16,18,20-21,26-28,30,32-34,36,38-44H2,1-2H3,(H,61,62)/b7-5-,13-11-,19-17-,24-22-,25-23-,31-29-,37-35-/t45-,48?,49-,50?,51?,52?,53?/m1/s1. The highest BCUT2D eigenvalue weighted by Gasteiger charge is 2.51. The van der Waals surface area contributed by atoms with Gasteiger partial charge in [0.15, 0.2) is 6.10 Å². The molecule has 0 radical (unpaired) electrons. The van der Waals surface area contributed by atoms with Gasteiger partial charge in [-0.05, 0) is 77.0 Å². The van der Waals surface area contributed by atoms with Gasteiger partial charge in [0.25, 0.3) is 0 Å². The van der Waals surface area contributed by atoms with Crippen LogP contribution in [-0.4, -0.2) is 98.3 Å². The highest BCUT2D eigenvalue weighted by Crippen LogP contribution is 2.47. The molecule has 1 fully saturated rings. The van der Waals surface area contributed by atoms with Crippen LogP contribution in [0, 0.1) is 0 Å². The second-order valence-corrected chi connectivity index (χ2v) is 18.7. The first-order valence-electron chi connectivity index (χ1n) is 25.4. The van der Waals surface area contributed by atoms with E-state index in [9.17, 15) is 44.6 Å². The zero-order valence-electron chi connectivity index (χ0n) is 40.9. The lowest BCUT2D eigenvalue weighted by molar-refractivity contribution is -0.220. The third-order valence-electron chi connectivity index (χ3n) is 11.2. The predicted molar refractivity (Wildman–Crippen MR) is 267 cm³/mol. The van der Waals surface area contributed by atoms with Gasteiger partial charge in [-0.15, -0.1) is 0 Å². The van der Waals surface area contributed by atoms with Crippen LogP contribution in [0.25, 0.3) is 0 Å². The van der Waals surface area contributed by atoms with Gasteiger partial charge in [-0.2, -0.15) is 0 Å². The van der Waals surface area contributed by atoms with Gasteiger partial charge in [0, 0.05) is 12.8 Å². The molecule has 67 heavy (non-hydrogen) atoms. The monoisotopic (exact) mass is 965 g/mol. The van der Waals surface area contributed by atoms with Crippen molar-refractivity contribution in [2.75, 3.05) is 13.2 Å². The lowest BCUT2D eigenvalue weighted by Gasteiger charge is -2.41. The average molecular weight is 965 g/mol. The van der Waals surface area contributed by atoms with Gasteiger partial charge in [0.2, 0.25) is 0 Å². The minimum absolute atomic E-state index is 0.0370. The van der Waals surface area contributed by atoms with Gasteiger partial charge < -0.3 is 39.9 Å². The summed E-state index contributed by atoms with van der Waals surface area (Å²) in [7, 11) is -5.14. The molecule has 0 saturated heterocycles. The summed E-state index contributed by atoms with van der Waals surface area (Å²) in [4.78, 5) is 35.8. The number of allylic oxidation sites excluding steroid dienone is 14. The van der Waals surface area contributed by atoms with Crippen molar-refractivity contribution in [2.45, 2.75) is 224 Å². The molecule has 0 heterocycles. The summed E-state index contributed by atoms with van der Waals surface area (Å²) >= 11 is 0. The smallest absolute Gasteiger partial charge is 0.462 e. The molecule has 14 heteroatoms. The van der Waals surface area contributed by atoms with Crippen LogP contribution >= 0.6 is 7.82 Å². The third kappa shape index (κ3) is 34.1. The maximum atomic E-state index is 12.8. The first-order valence-corrected chi connectivity index (χ1v) is 26.9. The van der Waals surface area contributed by atoms with Crippen molar-refractivity contribution >= 4 is 19.8 Å². The number of carbonyl (C=O) groups excluding carboxylic acids is 2. The molecule has 0 amide bonds. The van der Waals surface area contributed by atoms with Crippen LogP contribution in [-0.2, 0) is 32.7 Å². The minimum Gasteiger partial charge on any atom is -0.462 e. The molecule has 384 valence electrons. The topological polar surface area (TPSA) is 210 Å². The largest absolute Gasteiger partial charge is 0.472 e. The van der Waals surface area contributed by atoms with E-state index in [1.54, 1.807) is 0 Å². The highest BCUT2D eigenvalue weighted by molar-refractivity contribution is 7.47. The number of rotatable bonds is 41. The molecule has 13 nitrogen and oxygen atoms in total. The number of phosphoric acid groups is 1. The molecule has 0 aromatic rings. The summed E-state index contributed by atoms with van der Waals surface area (Å²) in [6, 6.07) is 0. The minimum atomic E-state index is -5.14. The molecule has 1 aliphatic rings. The first kappa shape index (κ1) is 62.0. The van der Waals surface area contributed by atoms with E-state index in [-0.39, 0.29) is 12.8 Å². The van der Waals surface area contributed by atoms with Gasteiger partial charge in [-0.1, -0.05) is 176 Å². The number of carbonyl (C=O) groups is 2. The Hall–Kier alpha value is -2.97. The van der Waals surface area contributed by atoms with Gasteiger partial charge >= 0.3 is 19.8 Å². The normalized spacial score (nSPS) is 21.9. The van der Waals surface area contributed by atoms with E-state index in [1.807, 2.05) is 18.2 Å². The van der Waals surface area contributed by atoms with Gasteiger partial charge in [-0.3, -0.25) is 18.6 Å². The molecule has 8 atom stereocenters. The number of phosphoric ester groups is 1. The summed E-state index contributed by atoms with van der Waals surface area (Å²) in [5, 5.41) is 50.3. The number of hydrogen-bond donors (Lipinski definition) is 6. The second kappa shape index (κ2) is 42.0. The Kier molecular flexibility index (Phi) is 38.9. The second-order valence-electron chi connectivity index (χ2n) is 17.3. The molecular formula is C53H89O13P. The van der Waals surface area contributed by atoms with Crippen molar-refractivity contribution < 1.29 is 63.1 Å². The first-order chi connectivity index (χ1) is 32.4. The van der Waals surface area contributed by atoms with E-state index < -0.39 is 75.7 Å². The number of ether oxygens (including phenoxy) is 2. The van der Waals surface area contributed by atoms with Crippen molar-refractivity contribution in [2.24, 2.45) is 0 Å². The fourth-order valence-electron chi connectivity index (χ4n) is 7.19. The predicted octanol–water partition coefficient (Wildman–Crippen LogP) is 10.8. The molecule has 0 spiro atoms. The van der Waals surface area contributed by atoms with Crippen LogP contribution in [0.2, 0.25) is 0 Å². The fourth-order valence-corrected chi connectivity index (χ4v) is 8.16. The SMILES string of the molecule is CC/C=C\C/C=C\C/C=C\C/C=C\C/C=C\C/C=C\CCC(=O)OC[C@H](COP(=O)(O)OC1C(O)C(O)C(O)[C@@H](O)C1O)OC(=O)CCCCCCCCC/C=C\CCCCCCCCCC. The maximum absolute atomic E-state index is 12.8. The molecule has 6 unspecified atom stereocenters. The van der Waals surface area contributed by atoms with E-state index in [0.29, 0.717) is 19.3 Å². The zero-order valence-corrected chi connectivity index (χ0v) is 41.8. The zero-order chi connectivity index (χ0) is 49.2. The molecule has 0 aromatic heterocycles. The Morgan fingerprint density at radius 1 is 0.478 bits per heavy atom. The fraction of sp³-hybridized carbons (Fsp3) is 0.698. The Labute approximate surface area is 403 Å². The van der Waals surface area contributed by atoms with Gasteiger partial charge in [0.05, 0.1) is 6.61 Å². The Morgan fingerprint density at radius 2 is 0.881 bits per heavy atom. The van der Waals surface area contributed by atoms with Crippen LogP contribution in [0.3, 0.4) is 0 Å². The van der Waals surface area contributed by atoms with E-state index >= 15 is 0 Å². The molecule has 0 bridgehead atoms. The van der Waals surface area contributed by atoms with E-state index in [4.69, 9.17) is 18.5 Å². The van der Waals surface area contributed by atoms with Gasteiger partial charge in [0.1, 0.15) is 43.2 Å². The number of esters is 2. The Morgan fingerprint density at radius 3 is 1.36 bits per heavy atom. The molecule has 1 rings (SSSR count). The van der Waals surface area contributed by atoms with Crippen molar-refractivity contribution in [3.63, 3.8) is 0 Å². The van der Waals surface area contributed by atoms with E-state index in [1.165, 1.54) is 57.8 Å². The lowest BCUT2D eigenvalue weighted by Crippen LogP contribution is -2.64. The summed E-state index contributed by atoms with van der Waals surface area (Å²) in [6.07, 6.45) is 42.1. The van der Waals surface area contributed by atoms with E-state index in [0.717, 1.165) is 77.0 Å². The molecule has 0 aromatic carbocycles. The van der Waals surface area contributed by atoms with Crippen molar-refractivity contribution in [1.82, 2.24) is 0 Å². The van der Waals surface area contributed by atoms with Crippen molar-refractivity contribution in [3.8, 4) is 0 Å². The summed E-state index contributed by atoms with van der Waals surface area (Å²) < 4.78 is 33.5. The number of unbranched alkanes of at least 4 members (excludes halogenated alkanes) is 15. The number of aliphatic hydroxyl groups is 5. The average Bonchev–Trinajstić information content (AvgIpc) is 3.31. The molecule has 1 saturated carbocycles. The number of hydrogen-bond acceptors (Lipinski definition) is 12. The summed E-state index contributed by atoms with van der Waals surface area (Å²) in [5.74, 6) is -1.21. The lowest BCUT2D eigenvalue weighted by atomic mass is 9.85. The van der Waals surface area contributed by atoms with Crippen LogP contribution in [0.15, 0.2) is 85.1 Å². The molecule has 6 N–H and O–H groups in total. The molecular weight excluding hydrogens is 876 g/mol. The van der Waals surface area contributed by atoms with Crippen molar-refractivity contribution in [1.29, 1.82) is 0 Å². The highest BCUT2D eigenvalue weighted by atomic mass is 31.2. The quantitative estimate of drug-likeness (QED) is 0.0146. The molecule has 1 aliphatic carbocycles. The van der Waals surface area contributed by atoms with Gasteiger partial charge in [-0.25, -0.2) is 4.57 Å². The van der Waals surface area contributed by atoms with E-state index in [2.05, 4.69) is 80.7 Å². The van der Waals surface area contributed by atoms with Crippen LogP contribution in [0.5, 0.6) is 0 Å². The molecule has 0 aliphatic heterocycles. The van der Waals surface area contributed by atoms with Crippen LogP contribution in [0.4, 0.5) is 0 Å².